The number of hydrogen-bond acceptors (Lipinski definition) is 4. The number of benzene rings is 1. The van der Waals surface area contributed by atoms with Gasteiger partial charge in [-0.05, 0) is 32.0 Å². The van der Waals surface area contributed by atoms with Gasteiger partial charge >= 0.3 is 0 Å². The molecule has 0 aliphatic heterocycles. The van der Waals surface area contributed by atoms with E-state index in [1.807, 2.05) is 32.2 Å². The summed E-state index contributed by atoms with van der Waals surface area (Å²) in [5, 5.41) is 13.4. The molecule has 1 aromatic heterocycles. The Balaban J connectivity index is 2.24. The van der Waals surface area contributed by atoms with Crippen molar-refractivity contribution in [3.8, 4) is 6.07 Å². The fourth-order valence-electron chi connectivity index (χ4n) is 1.60. The van der Waals surface area contributed by atoms with Crippen molar-refractivity contribution in [2.24, 2.45) is 0 Å². The Bertz CT molecular complexity index is 601. The molecule has 1 aromatic carbocycles. The van der Waals surface area contributed by atoms with E-state index in [9.17, 15) is 0 Å². The van der Waals surface area contributed by atoms with Gasteiger partial charge < -0.3 is 5.32 Å². The lowest BCUT2D eigenvalue weighted by Gasteiger charge is -2.14. The van der Waals surface area contributed by atoms with Crippen LogP contribution in [0.5, 0.6) is 0 Å². The third kappa shape index (κ3) is 2.89. The molecule has 2 aromatic rings. The van der Waals surface area contributed by atoms with Gasteiger partial charge in [-0.15, -0.1) is 11.3 Å². The summed E-state index contributed by atoms with van der Waals surface area (Å²) in [6.07, 6.45) is 1.87. The Morgan fingerprint density at radius 2 is 2.28 bits per heavy atom. The minimum absolute atomic E-state index is 0.0881. The number of thiazole rings is 1. The number of nitrogens with one attached hydrogen (secondary N) is 1. The molecule has 0 spiro atoms. The molecule has 2 rings (SSSR count). The fourth-order valence-corrected chi connectivity index (χ4v) is 2.74. The third-order valence-corrected chi connectivity index (χ3v) is 4.07. The molecule has 1 N–H and O–H groups in total. The van der Waals surface area contributed by atoms with Crippen LogP contribution in [0.25, 0.3) is 0 Å². The fraction of sp³-hybridized carbons (Fsp3) is 0.231. The summed E-state index contributed by atoms with van der Waals surface area (Å²) in [7, 11) is 0. The zero-order valence-corrected chi connectivity index (χ0v) is 12.5. The van der Waals surface area contributed by atoms with Crippen molar-refractivity contribution in [3.05, 3.63) is 44.3 Å². The van der Waals surface area contributed by atoms with Crippen molar-refractivity contribution in [2.45, 2.75) is 19.9 Å². The number of halogens is 1. The molecule has 92 valence electrons. The summed E-state index contributed by atoms with van der Waals surface area (Å²) in [5.41, 5.74) is 1.46. The van der Waals surface area contributed by atoms with E-state index in [0.717, 1.165) is 15.2 Å². The van der Waals surface area contributed by atoms with Crippen molar-refractivity contribution in [3.63, 3.8) is 0 Å². The summed E-state index contributed by atoms with van der Waals surface area (Å²) in [4.78, 5) is 5.54. The minimum Gasteiger partial charge on any atom is -0.375 e. The van der Waals surface area contributed by atoms with Crippen molar-refractivity contribution >= 4 is 33.0 Å². The highest BCUT2D eigenvalue weighted by atomic mass is 79.9. The van der Waals surface area contributed by atoms with Crippen LogP contribution in [0.15, 0.2) is 28.9 Å². The number of hydrogen-bond donors (Lipinski definition) is 1. The predicted octanol–water partition coefficient (Wildman–Crippen LogP) is 4.26. The molecule has 0 saturated heterocycles. The van der Waals surface area contributed by atoms with Gasteiger partial charge in [-0.3, -0.25) is 0 Å². The summed E-state index contributed by atoms with van der Waals surface area (Å²) < 4.78 is 0.950. The zero-order valence-electron chi connectivity index (χ0n) is 10.1. The summed E-state index contributed by atoms with van der Waals surface area (Å²) in [5.74, 6) is 0. The number of rotatable bonds is 3. The normalized spacial score (nSPS) is 11.9. The molecule has 0 radical (unpaired) electrons. The zero-order chi connectivity index (χ0) is 13.1. The average molecular weight is 322 g/mol. The smallest absolute Gasteiger partial charge is 0.115 e. The number of nitrogens with zero attached hydrogens (tertiary/aromatic N) is 2. The number of nitriles is 1. The number of aromatic nitrogens is 1. The molecule has 3 nitrogen and oxygen atoms in total. The van der Waals surface area contributed by atoms with Crippen LogP contribution in [0.1, 0.15) is 28.4 Å². The Kier molecular flexibility index (Phi) is 4.00. The van der Waals surface area contributed by atoms with Crippen molar-refractivity contribution in [1.82, 2.24) is 4.98 Å². The van der Waals surface area contributed by atoms with Crippen LogP contribution in [0, 0.1) is 18.3 Å². The number of anilines is 1. The lowest BCUT2D eigenvalue weighted by molar-refractivity contribution is 0.869. The van der Waals surface area contributed by atoms with E-state index in [2.05, 4.69) is 32.3 Å². The molecule has 1 unspecified atom stereocenters. The maximum Gasteiger partial charge on any atom is 0.115 e. The first-order chi connectivity index (χ1) is 8.60. The monoisotopic (exact) mass is 321 g/mol. The Morgan fingerprint density at radius 3 is 2.89 bits per heavy atom. The first-order valence-corrected chi connectivity index (χ1v) is 7.09. The van der Waals surface area contributed by atoms with E-state index in [1.165, 1.54) is 4.88 Å². The van der Waals surface area contributed by atoms with Crippen molar-refractivity contribution in [2.75, 3.05) is 5.32 Å². The first-order valence-electron chi connectivity index (χ1n) is 5.48. The van der Waals surface area contributed by atoms with Crippen LogP contribution < -0.4 is 5.32 Å². The van der Waals surface area contributed by atoms with E-state index in [1.54, 1.807) is 17.4 Å². The third-order valence-electron chi connectivity index (χ3n) is 2.48. The minimum atomic E-state index is 0.0881. The van der Waals surface area contributed by atoms with Gasteiger partial charge in [0.25, 0.3) is 0 Å². The van der Waals surface area contributed by atoms with Gasteiger partial charge in [-0.2, -0.15) is 5.26 Å². The second kappa shape index (κ2) is 5.51. The van der Waals surface area contributed by atoms with E-state index in [0.29, 0.717) is 5.56 Å². The predicted molar refractivity (Wildman–Crippen MR) is 77.7 cm³/mol. The molecule has 0 bridgehead atoms. The maximum atomic E-state index is 9.08. The molecule has 18 heavy (non-hydrogen) atoms. The molecule has 0 fully saturated rings. The molecular weight excluding hydrogens is 310 g/mol. The molecule has 1 heterocycles. The van der Waals surface area contributed by atoms with Gasteiger partial charge in [0.2, 0.25) is 0 Å². The van der Waals surface area contributed by atoms with Gasteiger partial charge in [0.05, 0.1) is 17.3 Å². The Hall–Kier alpha value is -1.38. The van der Waals surface area contributed by atoms with E-state index >= 15 is 0 Å². The van der Waals surface area contributed by atoms with Gasteiger partial charge in [-0.25, -0.2) is 4.98 Å². The molecule has 0 aliphatic rings. The topological polar surface area (TPSA) is 48.7 Å². The highest BCUT2D eigenvalue weighted by molar-refractivity contribution is 9.10. The van der Waals surface area contributed by atoms with Gasteiger partial charge in [0, 0.05) is 15.5 Å². The molecule has 0 amide bonds. The van der Waals surface area contributed by atoms with E-state index in [4.69, 9.17) is 5.26 Å². The highest BCUT2D eigenvalue weighted by Gasteiger charge is 2.11. The average Bonchev–Trinajstić information content (AvgIpc) is 2.76. The summed E-state index contributed by atoms with van der Waals surface area (Å²) in [6.45, 7) is 4.08. The largest absolute Gasteiger partial charge is 0.375 e. The van der Waals surface area contributed by atoms with Crippen LogP contribution in [-0.2, 0) is 0 Å². The van der Waals surface area contributed by atoms with Crippen molar-refractivity contribution < 1.29 is 0 Å². The maximum absolute atomic E-state index is 9.08. The summed E-state index contributed by atoms with van der Waals surface area (Å²) in [6, 6.07) is 7.85. The first kappa shape index (κ1) is 13.1. The molecule has 1 atom stereocenters. The van der Waals surface area contributed by atoms with Crippen LogP contribution in [-0.4, -0.2) is 4.98 Å². The van der Waals surface area contributed by atoms with Crippen molar-refractivity contribution in [1.29, 1.82) is 5.26 Å². The second-order valence-electron chi connectivity index (χ2n) is 3.98. The van der Waals surface area contributed by atoms with Gasteiger partial charge in [0.15, 0.2) is 0 Å². The van der Waals surface area contributed by atoms with Crippen LogP contribution in [0.4, 0.5) is 5.69 Å². The highest BCUT2D eigenvalue weighted by Crippen LogP contribution is 2.27. The van der Waals surface area contributed by atoms with Crippen LogP contribution >= 0.6 is 27.3 Å². The molecule has 5 heteroatoms. The Morgan fingerprint density at radius 1 is 1.50 bits per heavy atom. The molecular formula is C13H12BrN3S. The molecule has 0 aliphatic carbocycles. The van der Waals surface area contributed by atoms with E-state index in [-0.39, 0.29) is 6.04 Å². The SMILES string of the molecule is Cc1cnc(C(C)Nc2cc(Br)ccc2C#N)s1. The van der Waals surface area contributed by atoms with E-state index < -0.39 is 0 Å². The quantitative estimate of drug-likeness (QED) is 0.918. The van der Waals surface area contributed by atoms with Gasteiger partial charge in [-0.1, -0.05) is 15.9 Å². The standard InChI is InChI=1S/C13H12BrN3S/c1-8-7-16-13(18-8)9(2)17-12-5-11(14)4-3-10(12)6-15/h3-5,7,9,17H,1-2H3. The summed E-state index contributed by atoms with van der Waals surface area (Å²) >= 11 is 5.08. The van der Waals surface area contributed by atoms with Gasteiger partial charge in [0.1, 0.15) is 11.1 Å². The second-order valence-corrected chi connectivity index (χ2v) is 6.16. The lowest BCUT2D eigenvalue weighted by Crippen LogP contribution is -2.07. The Labute approximate surface area is 119 Å². The lowest BCUT2D eigenvalue weighted by atomic mass is 10.2. The van der Waals surface area contributed by atoms with Crippen LogP contribution in [0.2, 0.25) is 0 Å². The molecule has 0 saturated carbocycles. The number of aryl methyl sites for hydroxylation is 1. The van der Waals surface area contributed by atoms with Crippen LogP contribution in [0.3, 0.4) is 0 Å².